The summed E-state index contributed by atoms with van der Waals surface area (Å²) in [6.07, 6.45) is 4.18. The Bertz CT molecular complexity index is 664. The summed E-state index contributed by atoms with van der Waals surface area (Å²) < 4.78 is 10.5. The van der Waals surface area contributed by atoms with Crippen molar-refractivity contribution in [1.82, 2.24) is 0 Å². The van der Waals surface area contributed by atoms with Crippen LogP contribution in [0.3, 0.4) is 0 Å². The lowest BCUT2D eigenvalue weighted by Gasteiger charge is -2.16. The molecule has 0 amide bonds. The molecule has 0 aromatic heterocycles. The minimum atomic E-state index is -1.06. The van der Waals surface area contributed by atoms with E-state index in [-0.39, 0.29) is 29.6 Å². The number of aromatic hydroxyl groups is 1. The molecule has 136 valence electrons. The van der Waals surface area contributed by atoms with Crippen LogP contribution in [0.4, 0.5) is 0 Å². The molecule has 0 saturated heterocycles. The second kappa shape index (κ2) is 8.67. The maximum Gasteiger partial charge on any atom is 0.342 e. The van der Waals surface area contributed by atoms with Crippen LogP contribution in [0.1, 0.15) is 54.9 Å². The number of phenols is 1. The predicted molar refractivity (Wildman–Crippen MR) is 92.7 cm³/mol. The zero-order valence-corrected chi connectivity index (χ0v) is 14.5. The van der Waals surface area contributed by atoms with Gasteiger partial charge in [-0.2, -0.15) is 0 Å². The van der Waals surface area contributed by atoms with Gasteiger partial charge in [-0.3, -0.25) is 4.79 Å². The van der Waals surface area contributed by atoms with E-state index in [9.17, 15) is 19.8 Å². The van der Waals surface area contributed by atoms with Gasteiger partial charge in [0.15, 0.2) is 5.78 Å². The van der Waals surface area contributed by atoms with E-state index in [0.717, 1.165) is 0 Å². The monoisotopic (exact) mass is 348 g/mol. The number of methoxy groups -OCH3 is 1. The average Bonchev–Trinajstić information content (AvgIpc) is 2.56. The quantitative estimate of drug-likeness (QED) is 0.758. The van der Waals surface area contributed by atoms with Crippen molar-refractivity contribution in [3.8, 4) is 11.5 Å². The number of hydrogen-bond donors (Lipinski definition) is 2. The molecule has 2 rings (SSSR count). The number of aliphatic hydroxyl groups excluding tert-OH is 1. The summed E-state index contributed by atoms with van der Waals surface area (Å²) in [5.41, 5.74) is 0.451. The summed E-state index contributed by atoms with van der Waals surface area (Å²) in [7, 11) is 1.46. The van der Waals surface area contributed by atoms with Gasteiger partial charge in [-0.05, 0) is 44.2 Å². The van der Waals surface area contributed by atoms with Crippen LogP contribution in [0, 0.1) is 0 Å². The molecule has 1 heterocycles. The molecule has 0 aliphatic carbocycles. The fraction of sp³-hybridized carbons (Fsp3) is 0.474. The number of ketones is 1. The molecule has 6 heteroatoms. The van der Waals surface area contributed by atoms with Crippen molar-refractivity contribution in [1.29, 1.82) is 0 Å². The first-order valence-electron chi connectivity index (χ1n) is 8.41. The molecule has 0 fully saturated rings. The third kappa shape index (κ3) is 5.06. The van der Waals surface area contributed by atoms with Crippen LogP contribution in [0.15, 0.2) is 18.2 Å². The topological polar surface area (TPSA) is 93.1 Å². The van der Waals surface area contributed by atoms with Crippen LogP contribution in [-0.2, 0) is 9.53 Å². The van der Waals surface area contributed by atoms with Crippen molar-refractivity contribution in [2.75, 3.05) is 7.11 Å². The lowest BCUT2D eigenvalue weighted by atomic mass is 10.0. The van der Waals surface area contributed by atoms with Crippen LogP contribution >= 0.6 is 0 Å². The highest BCUT2D eigenvalue weighted by atomic mass is 16.5. The van der Waals surface area contributed by atoms with Crippen molar-refractivity contribution in [2.24, 2.45) is 0 Å². The molecule has 0 unspecified atom stereocenters. The number of rotatable bonds is 1. The summed E-state index contributed by atoms with van der Waals surface area (Å²) in [6, 6.07) is 2.94. The summed E-state index contributed by atoms with van der Waals surface area (Å²) in [4.78, 5) is 24.4. The fourth-order valence-electron chi connectivity index (χ4n) is 2.75. The Morgan fingerprint density at radius 1 is 1.24 bits per heavy atom. The number of Topliss-reactive ketones (excluding diaryl/α,β-unsaturated/α-hetero) is 1. The van der Waals surface area contributed by atoms with E-state index in [4.69, 9.17) is 9.47 Å². The minimum Gasteiger partial charge on any atom is -0.507 e. The number of fused-ring (bicyclic) bond motifs is 1. The highest BCUT2D eigenvalue weighted by Crippen LogP contribution is 2.30. The smallest absolute Gasteiger partial charge is 0.342 e. The highest BCUT2D eigenvalue weighted by molar-refractivity contribution is 5.97. The summed E-state index contributed by atoms with van der Waals surface area (Å²) in [5, 5.41) is 20.1. The van der Waals surface area contributed by atoms with Gasteiger partial charge in [0.1, 0.15) is 23.2 Å². The van der Waals surface area contributed by atoms with Crippen LogP contribution in [0.2, 0.25) is 0 Å². The minimum absolute atomic E-state index is 0.0433. The molecule has 25 heavy (non-hydrogen) atoms. The number of carbonyl (C=O) groups excluding carboxylic acids is 2. The fourth-order valence-corrected chi connectivity index (χ4v) is 2.75. The van der Waals surface area contributed by atoms with E-state index in [1.807, 2.05) is 0 Å². The van der Waals surface area contributed by atoms with Crippen molar-refractivity contribution >= 4 is 17.8 Å². The zero-order chi connectivity index (χ0) is 18.4. The van der Waals surface area contributed by atoms with Crippen LogP contribution in [0.5, 0.6) is 11.5 Å². The van der Waals surface area contributed by atoms with E-state index in [1.54, 1.807) is 25.1 Å². The van der Waals surface area contributed by atoms with Gasteiger partial charge in [0.2, 0.25) is 0 Å². The van der Waals surface area contributed by atoms with Gasteiger partial charge in [0.05, 0.1) is 13.2 Å². The van der Waals surface area contributed by atoms with E-state index >= 15 is 0 Å². The van der Waals surface area contributed by atoms with Gasteiger partial charge >= 0.3 is 5.97 Å². The standard InChI is InChI=1S/C19H24O6/c1-12-6-3-4-8-15(20)16(21)9-5-7-13-10-14(24-2)11-17(22)18(13)19(23)25-12/h5,7,10-12,16,21-22H,3-4,6,8-9H2,1-2H3/b7-5+/t12-,16-/m0/s1. The third-order valence-corrected chi connectivity index (χ3v) is 4.18. The third-order valence-electron chi connectivity index (χ3n) is 4.18. The number of hydrogen-bond acceptors (Lipinski definition) is 6. The number of benzene rings is 1. The summed E-state index contributed by atoms with van der Waals surface area (Å²) >= 11 is 0. The van der Waals surface area contributed by atoms with E-state index < -0.39 is 12.1 Å². The Hall–Kier alpha value is -2.34. The van der Waals surface area contributed by atoms with Gasteiger partial charge in [-0.15, -0.1) is 0 Å². The lowest BCUT2D eigenvalue weighted by molar-refractivity contribution is -0.127. The van der Waals surface area contributed by atoms with Crippen LogP contribution in [-0.4, -0.2) is 41.3 Å². The number of cyclic esters (lactones) is 1. The van der Waals surface area contributed by atoms with Gasteiger partial charge < -0.3 is 19.7 Å². The number of phenolic OH excluding ortho intramolecular Hbond substituents is 1. The van der Waals surface area contributed by atoms with E-state index in [1.165, 1.54) is 13.2 Å². The van der Waals surface area contributed by atoms with Gasteiger partial charge in [-0.25, -0.2) is 4.79 Å². The largest absolute Gasteiger partial charge is 0.507 e. The van der Waals surface area contributed by atoms with Crippen LogP contribution in [0.25, 0.3) is 6.08 Å². The van der Waals surface area contributed by atoms with Gasteiger partial charge in [0, 0.05) is 12.5 Å². The first-order chi connectivity index (χ1) is 11.9. The van der Waals surface area contributed by atoms with Crippen molar-refractivity contribution in [2.45, 2.75) is 51.2 Å². The first-order valence-corrected chi connectivity index (χ1v) is 8.41. The summed E-state index contributed by atoms with van der Waals surface area (Å²) in [6.45, 7) is 1.77. The Morgan fingerprint density at radius 3 is 2.72 bits per heavy atom. The normalized spacial score (nSPS) is 24.0. The molecule has 0 saturated carbocycles. The summed E-state index contributed by atoms with van der Waals surface area (Å²) in [5.74, 6) is -0.652. The number of aliphatic hydroxyl groups is 1. The second-order valence-corrected chi connectivity index (χ2v) is 6.19. The molecular formula is C19H24O6. The molecular weight excluding hydrogens is 324 g/mol. The number of esters is 1. The molecule has 1 aromatic rings. The molecule has 6 nitrogen and oxygen atoms in total. The van der Waals surface area contributed by atoms with E-state index in [0.29, 0.717) is 37.0 Å². The van der Waals surface area contributed by atoms with Crippen molar-refractivity contribution in [3.05, 3.63) is 29.3 Å². The zero-order valence-electron chi connectivity index (χ0n) is 14.5. The second-order valence-electron chi connectivity index (χ2n) is 6.19. The molecule has 0 bridgehead atoms. The molecule has 2 N–H and O–H groups in total. The van der Waals surface area contributed by atoms with Gasteiger partial charge in [-0.1, -0.05) is 12.2 Å². The van der Waals surface area contributed by atoms with E-state index in [2.05, 4.69) is 0 Å². The molecule has 1 aliphatic heterocycles. The molecule has 1 aromatic carbocycles. The number of ether oxygens (including phenoxy) is 2. The van der Waals surface area contributed by atoms with Gasteiger partial charge in [0.25, 0.3) is 0 Å². The Kier molecular flexibility index (Phi) is 6.58. The van der Waals surface area contributed by atoms with Crippen molar-refractivity contribution < 1.29 is 29.3 Å². The number of carbonyl (C=O) groups is 2. The molecule has 1 aliphatic rings. The Balaban J connectivity index is 2.40. The molecule has 2 atom stereocenters. The highest BCUT2D eigenvalue weighted by Gasteiger charge is 2.21. The lowest BCUT2D eigenvalue weighted by Crippen LogP contribution is -2.20. The SMILES string of the molecule is COc1cc(O)c2c(c1)/C=C/C[C@H](O)C(=O)CCCC[C@H](C)OC2=O. The average molecular weight is 348 g/mol. The van der Waals surface area contributed by atoms with Crippen molar-refractivity contribution in [3.63, 3.8) is 0 Å². The van der Waals surface area contributed by atoms with Crippen LogP contribution < -0.4 is 4.74 Å². The maximum absolute atomic E-state index is 12.5. The molecule has 0 spiro atoms. The Labute approximate surface area is 147 Å². The maximum atomic E-state index is 12.5. The predicted octanol–water partition coefficient (Wildman–Crippen LogP) is 2.85. The molecule has 0 radical (unpaired) electrons. The Morgan fingerprint density at radius 2 is 2.00 bits per heavy atom. The first kappa shape index (κ1) is 19.0.